The number of hydrogen-bond acceptors (Lipinski definition) is 5. The van der Waals surface area contributed by atoms with Gasteiger partial charge in [-0.3, -0.25) is 9.59 Å². The Kier molecular flexibility index (Phi) is 6.74. The van der Waals surface area contributed by atoms with Crippen LogP contribution in [0.2, 0.25) is 0 Å². The van der Waals surface area contributed by atoms with Crippen molar-refractivity contribution in [3.63, 3.8) is 0 Å². The number of rotatable bonds is 8. The quantitative estimate of drug-likeness (QED) is 0.435. The normalized spacial score (nSPS) is 10.0. The zero-order chi connectivity index (χ0) is 15.8. The van der Waals surface area contributed by atoms with Gasteiger partial charge in [0.1, 0.15) is 9.88 Å². The standard InChI is InChI=1S/C14H22N4O2S/c1-4-6-8-18-14-9(12(19)16-3)10(15)11(21-14)13(20)17-7-5-2/h5,18H,2,4,6-8,15H2,1,3H3,(H,16,19)(H,17,20). The summed E-state index contributed by atoms with van der Waals surface area (Å²) in [5, 5.41) is 9.02. The van der Waals surface area contributed by atoms with Crippen LogP contribution in [-0.4, -0.2) is 32.0 Å². The molecule has 0 aromatic carbocycles. The summed E-state index contributed by atoms with van der Waals surface area (Å²) >= 11 is 1.20. The average molecular weight is 310 g/mol. The van der Waals surface area contributed by atoms with Gasteiger partial charge in [-0.05, 0) is 6.42 Å². The van der Waals surface area contributed by atoms with Crippen molar-refractivity contribution < 1.29 is 9.59 Å². The largest absolute Gasteiger partial charge is 0.397 e. The van der Waals surface area contributed by atoms with Crippen LogP contribution in [0.1, 0.15) is 39.8 Å². The van der Waals surface area contributed by atoms with Gasteiger partial charge in [0.25, 0.3) is 11.8 Å². The third-order valence-electron chi connectivity index (χ3n) is 2.83. The number of nitrogen functional groups attached to an aromatic ring is 1. The minimum Gasteiger partial charge on any atom is -0.397 e. The molecule has 21 heavy (non-hydrogen) atoms. The lowest BCUT2D eigenvalue weighted by Gasteiger charge is -2.06. The van der Waals surface area contributed by atoms with Crippen LogP contribution in [-0.2, 0) is 0 Å². The van der Waals surface area contributed by atoms with Crippen molar-refractivity contribution >= 4 is 33.8 Å². The minimum absolute atomic E-state index is 0.208. The van der Waals surface area contributed by atoms with Gasteiger partial charge in [0, 0.05) is 20.1 Å². The molecule has 0 aliphatic carbocycles. The number of anilines is 2. The summed E-state index contributed by atoms with van der Waals surface area (Å²) in [6, 6.07) is 0. The van der Waals surface area contributed by atoms with E-state index in [-0.39, 0.29) is 17.5 Å². The molecule has 0 bridgehead atoms. The van der Waals surface area contributed by atoms with Gasteiger partial charge in [-0.1, -0.05) is 19.4 Å². The summed E-state index contributed by atoms with van der Waals surface area (Å²) in [6.45, 7) is 6.71. The maximum absolute atomic E-state index is 12.0. The van der Waals surface area contributed by atoms with Crippen molar-refractivity contribution in [2.24, 2.45) is 0 Å². The Balaban J connectivity index is 3.07. The number of thiophene rings is 1. The Morgan fingerprint density at radius 2 is 2.10 bits per heavy atom. The Morgan fingerprint density at radius 1 is 1.38 bits per heavy atom. The van der Waals surface area contributed by atoms with Crippen LogP contribution >= 0.6 is 11.3 Å². The molecule has 116 valence electrons. The smallest absolute Gasteiger partial charge is 0.263 e. The SMILES string of the molecule is C=CCNC(=O)c1sc(NCCCC)c(C(=O)NC)c1N. The van der Waals surface area contributed by atoms with Gasteiger partial charge in [0.2, 0.25) is 0 Å². The molecule has 0 saturated heterocycles. The first kappa shape index (κ1) is 17.0. The van der Waals surface area contributed by atoms with Crippen LogP contribution in [0.25, 0.3) is 0 Å². The van der Waals surface area contributed by atoms with E-state index in [9.17, 15) is 9.59 Å². The Hall–Kier alpha value is -2.02. The van der Waals surface area contributed by atoms with Gasteiger partial charge in [-0.2, -0.15) is 0 Å². The number of carbonyl (C=O) groups excluding carboxylic acids is 2. The number of nitrogens with one attached hydrogen (secondary N) is 3. The van der Waals surface area contributed by atoms with Gasteiger partial charge in [-0.25, -0.2) is 0 Å². The monoisotopic (exact) mass is 310 g/mol. The molecule has 0 spiro atoms. The highest BCUT2D eigenvalue weighted by molar-refractivity contribution is 7.19. The molecular formula is C14H22N4O2S. The van der Waals surface area contributed by atoms with Crippen molar-refractivity contribution in [1.29, 1.82) is 0 Å². The van der Waals surface area contributed by atoms with Crippen molar-refractivity contribution in [2.45, 2.75) is 19.8 Å². The van der Waals surface area contributed by atoms with Crippen molar-refractivity contribution in [2.75, 3.05) is 31.2 Å². The lowest BCUT2D eigenvalue weighted by atomic mass is 10.2. The summed E-state index contributed by atoms with van der Waals surface area (Å²) in [4.78, 5) is 24.4. The van der Waals surface area contributed by atoms with E-state index >= 15 is 0 Å². The third kappa shape index (κ3) is 4.22. The topological polar surface area (TPSA) is 96.2 Å². The average Bonchev–Trinajstić information content (AvgIpc) is 2.81. The molecule has 5 N–H and O–H groups in total. The van der Waals surface area contributed by atoms with E-state index in [2.05, 4.69) is 29.5 Å². The molecule has 0 radical (unpaired) electrons. The first-order chi connectivity index (χ1) is 10.1. The zero-order valence-corrected chi connectivity index (χ0v) is 13.2. The third-order valence-corrected chi connectivity index (χ3v) is 3.99. The van der Waals surface area contributed by atoms with Crippen LogP contribution in [0.3, 0.4) is 0 Å². The van der Waals surface area contributed by atoms with Gasteiger partial charge in [0.05, 0.1) is 11.3 Å². The molecule has 0 aliphatic rings. The van der Waals surface area contributed by atoms with Crippen LogP contribution in [0.5, 0.6) is 0 Å². The summed E-state index contributed by atoms with van der Waals surface area (Å²) in [7, 11) is 1.53. The first-order valence-corrected chi connectivity index (χ1v) is 7.65. The maximum atomic E-state index is 12.0. The number of carbonyl (C=O) groups is 2. The van der Waals surface area contributed by atoms with E-state index < -0.39 is 0 Å². The van der Waals surface area contributed by atoms with Gasteiger partial charge >= 0.3 is 0 Å². The summed E-state index contributed by atoms with van der Waals surface area (Å²) in [5.41, 5.74) is 6.52. The molecule has 1 rings (SSSR count). The van der Waals surface area contributed by atoms with Crippen LogP contribution in [0.15, 0.2) is 12.7 Å². The lowest BCUT2D eigenvalue weighted by Crippen LogP contribution is -2.24. The van der Waals surface area contributed by atoms with Crippen molar-refractivity contribution in [1.82, 2.24) is 10.6 Å². The molecule has 7 heteroatoms. The Morgan fingerprint density at radius 3 is 2.67 bits per heavy atom. The fourth-order valence-corrected chi connectivity index (χ4v) is 2.77. The van der Waals surface area contributed by atoms with Crippen molar-refractivity contribution in [3.8, 4) is 0 Å². The fraction of sp³-hybridized carbons (Fsp3) is 0.429. The first-order valence-electron chi connectivity index (χ1n) is 6.84. The second-order valence-electron chi connectivity index (χ2n) is 4.41. The lowest BCUT2D eigenvalue weighted by molar-refractivity contribution is 0.0960. The van der Waals surface area contributed by atoms with Crippen LogP contribution in [0.4, 0.5) is 10.7 Å². The van der Waals surface area contributed by atoms with Gasteiger partial charge in [0.15, 0.2) is 0 Å². The highest BCUT2D eigenvalue weighted by Gasteiger charge is 2.24. The van der Waals surface area contributed by atoms with Gasteiger partial charge in [-0.15, -0.1) is 17.9 Å². The van der Waals surface area contributed by atoms with Crippen LogP contribution < -0.4 is 21.7 Å². The van der Waals surface area contributed by atoms with E-state index in [0.29, 0.717) is 22.0 Å². The van der Waals surface area contributed by atoms with Gasteiger partial charge < -0.3 is 21.7 Å². The molecule has 0 atom stereocenters. The molecule has 0 unspecified atom stereocenters. The molecule has 6 nitrogen and oxygen atoms in total. The molecule has 0 aliphatic heterocycles. The highest BCUT2D eigenvalue weighted by atomic mass is 32.1. The second kappa shape index (κ2) is 8.31. The number of nitrogens with two attached hydrogens (primary N) is 1. The number of hydrogen-bond donors (Lipinski definition) is 4. The zero-order valence-electron chi connectivity index (χ0n) is 12.4. The maximum Gasteiger partial charge on any atom is 0.263 e. The highest BCUT2D eigenvalue weighted by Crippen LogP contribution is 2.35. The molecule has 1 aromatic rings. The fourth-order valence-electron chi connectivity index (χ4n) is 1.71. The Labute approximate surface area is 128 Å². The summed E-state index contributed by atoms with van der Waals surface area (Å²) in [6.07, 6.45) is 3.60. The molecule has 0 saturated carbocycles. The van der Waals surface area contributed by atoms with E-state index in [0.717, 1.165) is 19.4 Å². The van der Waals surface area contributed by atoms with E-state index in [1.807, 2.05) is 0 Å². The second-order valence-corrected chi connectivity index (χ2v) is 5.43. The summed E-state index contributed by atoms with van der Waals surface area (Å²) in [5.74, 6) is -0.600. The molecule has 2 amide bonds. The molecule has 1 heterocycles. The predicted molar refractivity (Wildman–Crippen MR) is 88.0 cm³/mol. The Bertz CT molecular complexity index is 525. The van der Waals surface area contributed by atoms with E-state index in [1.54, 1.807) is 6.08 Å². The van der Waals surface area contributed by atoms with Crippen LogP contribution in [0, 0.1) is 0 Å². The van der Waals surface area contributed by atoms with Crippen molar-refractivity contribution in [3.05, 3.63) is 23.1 Å². The number of unbranched alkanes of at least 4 members (excludes halogenated alkanes) is 1. The van der Waals surface area contributed by atoms with E-state index in [4.69, 9.17) is 5.73 Å². The van der Waals surface area contributed by atoms with E-state index in [1.165, 1.54) is 18.4 Å². The predicted octanol–water partition coefficient (Wildman–Crippen LogP) is 1.82. The molecular weight excluding hydrogens is 288 g/mol. The molecule has 1 aromatic heterocycles. The summed E-state index contributed by atoms with van der Waals surface area (Å²) < 4.78 is 0. The minimum atomic E-state index is -0.300. The molecule has 0 fully saturated rings. The number of amides is 2.